The van der Waals surface area contributed by atoms with Crippen LogP contribution in [0.15, 0.2) is 48.5 Å². The van der Waals surface area contributed by atoms with E-state index in [-0.39, 0.29) is 6.54 Å². The molecule has 8 nitrogen and oxygen atoms in total. The second-order valence-corrected chi connectivity index (χ2v) is 8.75. The van der Waals surface area contributed by atoms with Gasteiger partial charge in [-0.25, -0.2) is 4.79 Å². The zero-order valence-corrected chi connectivity index (χ0v) is 19.1. The number of imide groups is 1. The normalized spacial score (nSPS) is 20.7. The summed E-state index contributed by atoms with van der Waals surface area (Å²) in [5.41, 5.74) is 1.62. The van der Waals surface area contributed by atoms with Crippen molar-refractivity contribution in [2.45, 2.75) is 38.4 Å². The van der Waals surface area contributed by atoms with Crippen molar-refractivity contribution in [2.75, 3.05) is 26.7 Å². The lowest BCUT2D eigenvalue weighted by atomic mass is 9.92. The van der Waals surface area contributed by atoms with Crippen molar-refractivity contribution in [3.8, 4) is 5.75 Å². The van der Waals surface area contributed by atoms with Crippen LogP contribution in [-0.4, -0.2) is 54.4 Å². The molecule has 1 unspecified atom stereocenters. The van der Waals surface area contributed by atoms with Crippen LogP contribution in [0.1, 0.15) is 36.5 Å². The Bertz CT molecular complexity index is 1020. The molecule has 1 atom stereocenters. The molecule has 0 saturated carbocycles. The highest BCUT2D eigenvalue weighted by Crippen LogP contribution is 2.29. The van der Waals surface area contributed by atoms with Crippen molar-refractivity contribution in [1.29, 1.82) is 0 Å². The predicted octanol–water partition coefficient (Wildman–Crippen LogP) is 2.37. The molecule has 0 bridgehead atoms. The molecule has 0 spiro atoms. The standard InChI is InChI=1S/C25H30N4O4/c1-25(20-9-11-21(33-2)12-10-20)23(31)29(24(32)27-25)17-22(30)26-15-18-5-7-19(8-6-18)16-28-13-3-4-14-28/h5-12H,3-4,13-17H2,1-2H3,(H,26,30)(H,27,32). The van der Waals surface area contributed by atoms with E-state index < -0.39 is 23.4 Å². The lowest BCUT2D eigenvalue weighted by Gasteiger charge is -2.22. The van der Waals surface area contributed by atoms with E-state index >= 15 is 0 Å². The third-order valence-electron chi connectivity index (χ3n) is 6.36. The number of ether oxygens (including phenoxy) is 1. The summed E-state index contributed by atoms with van der Waals surface area (Å²) in [6.45, 7) is 4.89. The van der Waals surface area contributed by atoms with Crippen LogP contribution in [0.3, 0.4) is 0 Å². The van der Waals surface area contributed by atoms with Crippen LogP contribution in [0.5, 0.6) is 5.75 Å². The van der Waals surface area contributed by atoms with E-state index in [2.05, 4.69) is 27.7 Å². The van der Waals surface area contributed by atoms with Crippen LogP contribution < -0.4 is 15.4 Å². The molecule has 2 N–H and O–H groups in total. The molecule has 0 aromatic heterocycles. The summed E-state index contributed by atoms with van der Waals surface area (Å²) in [6.07, 6.45) is 2.53. The van der Waals surface area contributed by atoms with E-state index in [1.54, 1.807) is 38.3 Å². The topological polar surface area (TPSA) is 91.0 Å². The molecule has 2 saturated heterocycles. The van der Waals surface area contributed by atoms with Crippen molar-refractivity contribution in [3.63, 3.8) is 0 Å². The molecule has 8 heteroatoms. The van der Waals surface area contributed by atoms with Crippen molar-refractivity contribution < 1.29 is 19.1 Å². The van der Waals surface area contributed by atoms with Crippen molar-refractivity contribution >= 4 is 17.8 Å². The van der Waals surface area contributed by atoms with Gasteiger partial charge in [0.1, 0.15) is 17.8 Å². The largest absolute Gasteiger partial charge is 0.497 e. The number of hydrogen-bond donors (Lipinski definition) is 2. The number of rotatable bonds is 8. The number of methoxy groups -OCH3 is 1. The number of likely N-dealkylation sites (tertiary alicyclic amines) is 1. The number of carbonyl (C=O) groups is 3. The van der Waals surface area contributed by atoms with Crippen LogP contribution in [0, 0.1) is 0 Å². The molecule has 33 heavy (non-hydrogen) atoms. The molecule has 2 aromatic rings. The summed E-state index contributed by atoms with van der Waals surface area (Å²) in [6, 6.07) is 14.5. The van der Waals surface area contributed by atoms with Gasteiger partial charge in [0, 0.05) is 13.1 Å². The van der Waals surface area contributed by atoms with Crippen LogP contribution in [0.4, 0.5) is 4.79 Å². The fourth-order valence-corrected chi connectivity index (χ4v) is 4.32. The first-order valence-electron chi connectivity index (χ1n) is 11.2. The smallest absolute Gasteiger partial charge is 0.325 e. The molecular formula is C25H30N4O4. The van der Waals surface area contributed by atoms with Crippen molar-refractivity contribution in [1.82, 2.24) is 20.4 Å². The van der Waals surface area contributed by atoms with E-state index in [0.29, 0.717) is 17.9 Å². The Kier molecular flexibility index (Phi) is 6.65. The molecule has 0 radical (unpaired) electrons. The van der Waals surface area contributed by atoms with Gasteiger partial charge in [-0.15, -0.1) is 0 Å². The minimum atomic E-state index is -1.23. The Morgan fingerprint density at radius 2 is 1.67 bits per heavy atom. The molecule has 0 aliphatic carbocycles. The van der Waals surface area contributed by atoms with E-state index in [4.69, 9.17) is 4.74 Å². The molecule has 2 heterocycles. The summed E-state index contributed by atoms with van der Waals surface area (Å²) < 4.78 is 5.15. The number of hydrogen-bond acceptors (Lipinski definition) is 5. The molecule has 174 valence electrons. The second-order valence-electron chi connectivity index (χ2n) is 8.75. The highest BCUT2D eigenvalue weighted by atomic mass is 16.5. The van der Waals surface area contributed by atoms with Gasteiger partial charge in [0.05, 0.1) is 7.11 Å². The van der Waals surface area contributed by atoms with Crippen LogP contribution >= 0.6 is 0 Å². The van der Waals surface area contributed by atoms with Gasteiger partial charge in [-0.1, -0.05) is 36.4 Å². The van der Waals surface area contributed by atoms with E-state index in [9.17, 15) is 14.4 Å². The van der Waals surface area contributed by atoms with Gasteiger partial charge in [-0.2, -0.15) is 0 Å². The zero-order valence-electron chi connectivity index (χ0n) is 19.1. The molecule has 4 amide bonds. The Labute approximate surface area is 193 Å². The van der Waals surface area contributed by atoms with Gasteiger partial charge >= 0.3 is 6.03 Å². The monoisotopic (exact) mass is 450 g/mol. The minimum Gasteiger partial charge on any atom is -0.497 e. The highest BCUT2D eigenvalue weighted by molar-refractivity contribution is 6.09. The van der Waals surface area contributed by atoms with Crippen LogP contribution in [0.25, 0.3) is 0 Å². The molecular weight excluding hydrogens is 420 g/mol. The van der Waals surface area contributed by atoms with E-state index in [0.717, 1.165) is 30.1 Å². The Balaban J connectivity index is 1.31. The number of nitrogens with zero attached hydrogens (tertiary/aromatic N) is 2. The lowest BCUT2D eigenvalue weighted by Crippen LogP contribution is -2.43. The summed E-state index contributed by atoms with van der Waals surface area (Å²) in [5.74, 6) is -0.197. The maximum atomic E-state index is 13.0. The molecule has 2 fully saturated rings. The van der Waals surface area contributed by atoms with Gasteiger partial charge in [-0.3, -0.25) is 19.4 Å². The maximum absolute atomic E-state index is 13.0. The van der Waals surface area contributed by atoms with Gasteiger partial charge < -0.3 is 15.4 Å². The molecule has 4 rings (SSSR count). The van der Waals surface area contributed by atoms with Crippen LogP contribution in [-0.2, 0) is 28.2 Å². The quantitative estimate of drug-likeness (QED) is 0.603. The van der Waals surface area contributed by atoms with Crippen LogP contribution in [0.2, 0.25) is 0 Å². The number of benzene rings is 2. The average Bonchev–Trinajstić information content (AvgIpc) is 3.41. The lowest BCUT2D eigenvalue weighted by molar-refractivity contribution is -0.134. The van der Waals surface area contributed by atoms with Gasteiger partial charge in [-0.05, 0) is 61.7 Å². The average molecular weight is 451 g/mol. The van der Waals surface area contributed by atoms with Gasteiger partial charge in [0.15, 0.2) is 0 Å². The summed E-state index contributed by atoms with van der Waals surface area (Å²) in [5, 5.41) is 5.51. The SMILES string of the molecule is COc1ccc(C2(C)NC(=O)N(CC(=O)NCc3ccc(CN4CCCC4)cc3)C2=O)cc1. The summed E-state index contributed by atoms with van der Waals surface area (Å²) >= 11 is 0. The fraction of sp³-hybridized carbons (Fsp3) is 0.400. The first kappa shape index (κ1) is 22.8. The van der Waals surface area contributed by atoms with Crippen molar-refractivity contribution in [3.05, 3.63) is 65.2 Å². The number of nitrogens with one attached hydrogen (secondary N) is 2. The Morgan fingerprint density at radius 3 is 2.30 bits per heavy atom. The predicted molar refractivity (Wildman–Crippen MR) is 123 cm³/mol. The third-order valence-corrected chi connectivity index (χ3v) is 6.36. The second kappa shape index (κ2) is 9.62. The maximum Gasteiger partial charge on any atom is 0.325 e. The minimum absolute atomic E-state index is 0.330. The zero-order chi connectivity index (χ0) is 23.4. The van der Waals surface area contributed by atoms with Gasteiger partial charge in [0.2, 0.25) is 5.91 Å². The first-order valence-corrected chi connectivity index (χ1v) is 11.2. The third kappa shape index (κ3) is 5.01. The van der Waals surface area contributed by atoms with Crippen molar-refractivity contribution in [2.24, 2.45) is 0 Å². The van der Waals surface area contributed by atoms with E-state index in [1.807, 2.05) is 12.1 Å². The highest BCUT2D eigenvalue weighted by Gasteiger charge is 2.49. The van der Waals surface area contributed by atoms with E-state index in [1.165, 1.54) is 18.4 Å². The fourth-order valence-electron chi connectivity index (χ4n) is 4.32. The molecule has 2 aliphatic heterocycles. The Hall–Kier alpha value is -3.39. The molecule has 2 aromatic carbocycles. The Morgan fingerprint density at radius 1 is 1.03 bits per heavy atom. The summed E-state index contributed by atoms with van der Waals surface area (Å²) in [7, 11) is 1.56. The molecule has 2 aliphatic rings. The van der Waals surface area contributed by atoms with Gasteiger partial charge in [0.25, 0.3) is 5.91 Å². The first-order chi connectivity index (χ1) is 15.9. The summed E-state index contributed by atoms with van der Waals surface area (Å²) in [4.78, 5) is 41.4. The number of carbonyl (C=O) groups excluding carboxylic acids is 3. The number of amides is 4. The number of urea groups is 1.